The summed E-state index contributed by atoms with van der Waals surface area (Å²) in [6, 6.07) is 0.279. The van der Waals surface area contributed by atoms with E-state index in [1.54, 1.807) is 13.4 Å². The molecule has 25 heavy (non-hydrogen) atoms. The molecule has 0 spiro atoms. The number of nitrogens with zero attached hydrogens (tertiary/aromatic N) is 2. The zero-order valence-corrected chi connectivity index (χ0v) is 14.9. The van der Waals surface area contributed by atoms with Crippen molar-refractivity contribution < 1.29 is 14.3 Å². The molecule has 1 aliphatic heterocycles. The first-order valence-electron chi connectivity index (χ1n) is 9.30. The van der Waals surface area contributed by atoms with Gasteiger partial charge in [0.2, 0.25) is 5.91 Å². The van der Waals surface area contributed by atoms with Crippen LogP contribution in [0.15, 0.2) is 6.33 Å². The molecule has 7 nitrogen and oxygen atoms in total. The Morgan fingerprint density at radius 3 is 2.84 bits per heavy atom. The Kier molecular flexibility index (Phi) is 6.07. The van der Waals surface area contributed by atoms with E-state index in [1.807, 2.05) is 4.57 Å². The molecule has 0 bridgehead atoms. The Labute approximate surface area is 148 Å². The topological polar surface area (TPSA) is 85.2 Å². The van der Waals surface area contributed by atoms with E-state index in [2.05, 4.69) is 15.6 Å². The Hall–Kier alpha value is -1.89. The molecule has 1 fully saturated rings. The lowest BCUT2D eigenvalue weighted by molar-refractivity contribution is -0.126. The van der Waals surface area contributed by atoms with E-state index in [9.17, 15) is 9.59 Å². The van der Waals surface area contributed by atoms with Crippen molar-refractivity contribution in [1.29, 1.82) is 0 Å². The van der Waals surface area contributed by atoms with Gasteiger partial charge in [0.05, 0.1) is 24.5 Å². The number of methoxy groups -OCH3 is 1. The van der Waals surface area contributed by atoms with Crippen LogP contribution in [-0.2, 0) is 22.5 Å². The molecule has 1 atom stereocenters. The van der Waals surface area contributed by atoms with Gasteiger partial charge in [0.25, 0.3) is 5.91 Å². The Bertz CT molecular complexity index is 607. The first-order valence-corrected chi connectivity index (χ1v) is 9.30. The maximum Gasteiger partial charge on any atom is 0.271 e. The minimum atomic E-state index is -0.0761. The van der Waals surface area contributed by atoms with Crippen LogP contribution in [0, 0.1) is 5.92 Å². The predicted molar refractivity (Wildman–Crippen MR) is 93.3 cm³/mol. The molecule has 0 radical (unpaired) electrons. The van der Waals surface area contributed by atoms with E-state index in [0.29, 0.717) is 31.8 Å². The second-order valence-electron chi connectivity index (χ2n) is 7.02. The van der Waals surface area contributed by atoms with Crippen LogP contribution in [0.2, 0.25) is 0 Å². The molecule has 1 unspecified atom stereocenters. The van der Waals surface area contributed by atoms with E-state index in [-0.39, 0.29) is 23.8 Å². The fraction of sp³-hybridized carbons (Fsp3) is 0.722. The molecule has 0 aromatic carbocycles. The second kappa shape index (κ2) is 8.47. The molecule has 2 heterocycles. The van der Waals surface area contributed by atoms with Crippen molar-refractivity contribution in [3.63, 3.8) is 0 Å². The number of aromatic nitrogens is 2. The molecule has 1 saturated carbocycles. The van der Waals surface area contributed by atoms with Crippen LogP contribution in [0.25, 0.3) is 0 Å². The molecular weight excluding hydrogens is 320 g/mol. The third-order valence-electron chi connectivity index (χ3n) is 5.22. The van der Waals surface area contributed by atoms with Gasteiger partial charge in [0.15, 0.2) is 0 Å². The summed E-state index contributed by atoms with van der Waals surface area (Å²) in [4.78, 5) is 29.1. The zero-order valence-electron chi connectivity index (χ0n) is 14.9. The Morgan fingerprint density at radius 2 is 2.08 bits per heavy atom. The quantitative estimate of drug-likeness (QED) is 0.758. The average Bonchev–Trinajstić information content (AvgIpc) is 3.06. The van der Waals surface area contributed by atoms with Gasteiger partial charge in [-0.15, -0.1) is 0 Å². The van der Waals surface area contributed by atoms with Crippen molar-refractivity contribution in [3.05, 3.63) is 17.7 Å². The maximum absolute atomic E-state index is 12.6. The molecule has 2 amide bonds. The van der Waals surface area contributed by atoms with Gasteiger partial charge in [-0.05, 0) is 25.7 Å². The van der Waals surface area contributed by atoms with Crippen LogP contribution in [0.1, 0.15) is 54.7 Å². The minimum Gasteiger partial charge on any atom is -0.383 e. The number of amides is 2. The third kappa shape index (κ3) is 4.39. The van der Waals surface area contributed by atoms with Gasteiger partial charge in [0, 0.05) is 26.2 Å². The number of imidazole rings is 1. The molecule has 1 aromatic rings. The van der Waals surface area contributed by atoms with Crippen molar-refractivity contribution in [2.45, 2.75) is 57.5 Å². The highest BCUT2D eigenvalue weighted by atomic mass is 16.5. The highest BCUT2D eigenvalue weighted by Gasteiger charge is 2.29. The first-order chi connectivity index (χ1) is 12.2. The highest BCUT2D eigenvalue weighted by Crippen LogP contribution is 2.23. The van der Waals surface area contributed by atoms with Crippen molar-refractivity contribution in [2.24, 2.45) is 5.92 Å². The zero-order chi connectivity index (χ0) is 17.6. The average molecular weight is 348 g/mol. The summed E-state index contributed by atoms with van der Waals surface area (Å²) in [5, 5.41) is 6.02. The number of nitrogens with one attached hydrogen (secondary N) is 2. The van der Waals surface area contributed by atoms with Crippen molar-refractivity contribution >= 4 is 11.8 Å². The predicted octanol–water partition coefficient (Wildman–Crippen LogP) is 1.27. The summed E-state index contributed by atoms with van der Waals surface area (Å²) in [6.45, 7) is 1.62. The van der Waals surface area contributed by atoms with Crippen molar-refractivity contribution in [2.75, 3.05) is 20.3 Å². The van der Waals surface area contributed by atoms with Crippen LogP contribution in [0.4, 0.5) is 0 Å². The van der Waals surface area contributed by atoms with Crippen molar-refractivity contribution in [3.8, 4) is 0 Å². The Balaban J connectivity index is 1.58. The Morgan fingerprint density at radius 1 is 1.28 bits per heavy atom. The molecule has 7 heteroatoms. The van der Waals surface area contributed by atoms with Gasteiger partial charge in [-0.1, -0.05) is 19.3 Å². The van der Waals surface area contributed by atoms with Crippen LogP contribution in [0.3, 0.4) is 0 Å². The number of rotatable bonds is 6. The van der Waals surface area contributed by atoms with Gasteiger partial charge in [-0.2, -0.15) is 0 Å². The lowest BCUT2D eigenvalue weighted by Gasteiger charge is -2.25. The molecule has 0 saturated heterocycles. The summed E-state index contributed by atoms with van der Waals surface area (Å²) in [5.74, 6) is -0.0962. The van der Waals surface area contributed by atoms with E-state index < -0.39 is 0 Å². The number of hydrogen-bond acceptors (Lipinski definition) is 4. The van der Waals surface area contributed by atoms with Gasteiger partial charge in [-0.25, -0.2) is 4.98 Å². The lowest BCUT2D eigenvalue weighted by Crippen LogP contribution is -2.39. The number of hydrogen-bond donors (Lipinski definition) is 2. The van der Waals surface area contributed by atoms with Crippen LogP contribution < -0.4 is 10.6 Å². The van der Waals surface area contributed by atoms with Gasteiger partial charge in [-0.3, -0.25) is 9.59 Å². The molecule has 1 aromatic heterocycles. The number of carbonyl (C=O) groups excluding carboxylic acids is 2. The fourth-order valence-electron chi connectivity index (χ4n) is 3.79. The molecule has 138 valence electrons. The van der Waals surface area contributed by atoms with E-state index in [1.165, 1.54) is 19.3 Å². The van der Waals surface area contributed by atoms with Gasteiger partial charge < -0.3 is 19.9 Å². The third-order valence-corrected chi connectivity index (χ3v) is 5.22. The van der Waals surface area contributed by atoms with Crippen LogP contribution in [0.5, 0.6) is 0 Å². The smallest absolute Gasteiger partial charge is 0.271 e. The molecule has 2 aliphatic rings. The van der Waals surface area contributed by atoms with E-state index >= 15 is 0 Å². The van der Waals surface area contributed by atoms with Gasteiger partial charge in [0.1, 0.15) is 5.69 Å². The van der Waals surface area contributed by atoms with Gasteiger partial charge >= 0.3 is 0 Å². The summed E-state index contributed by atoms with van der Waals surface area (Å²) in [7, 11) is 1.62. The van der Waals surface area contributed by atoms with Crippen LogP contribution >= 0.6 is 0 Å². The molecular formula is C18H28N4O3. The van der Waals surface area contributed by atoms with Crippen LogP contribution in [-0.4, -0.2) is 47.7 Å². The summed E-state index contributed by atoms with van der Waals surface area (Å²) >= 11 is 0. The number of ether oxygens (including phenoxy) is 1. The molecule has 1 aliphatic carbocycles. The van der Waals surface area contributed by atoms with Crippen molar-refractivity contribution in [1.82, 2.24) is 20.2 Å². The lowest BCUT2D eigenvalue weighted by atomic mass is 9.94. The summed E-state index contributed by atoms with van der Waals surface area (Å²) < 4.78 is 6.91. The molecule has 3 rings (SSSR count). The fourth-order valence-corrected chi connectivity index (χ4v) is 3.79. The SMILES string of the molecule is COCCNC(=O)C1CCc2c(C(=O)NC3CCCCC3)ncn2C1. The number of fused-ring (bicyclic) bond motifs is 1. The standard InChI is InChI=1S/C18H28N4O3/c1-25-10-9-19-17(23)13-7-8-15-16(20-12-22(15)11-13)18(24)21-14-5-3-2-4-6-14/h12-14H,2-11H2,1H3,(H,19,23)(H,21,24). The van der Waals surface area contributed by atoms with E-state index in [0.717, 1.165) is 25.0 Å². The first kappa shape index (κ1) is 17.9. The normalized spacial score (nSPS) is 20.8. The maximum atomic E-state index is 12.6. The summed E-state index contributed by atoms with van der Waals surface area (Å²) in [6.07, 6.45) is 8.90. The highest BCUT2D eigenvalue weighted by molar-refractivity contribution is 5.93. The summed E-state index contributed by atoms with van der Waals surface area (Å²) in [5.41, 5.74) is 1.48. The second-order valence-corrected chi connectivity index (χ2v) is 7.02. The molecule has 2 N–H and O–H groups in total. The monoisotopic (exact) mass is 348 g/mol. The number of carbonyl (C=O) groups is 2. The minimum absolute atomic E-state index is 0.0459. The largest absolute Gasteiger partial charge is 0.383 e. The van der Waals surface area contributed by atoms with E-state index in [4.69, 9.17) is 4.74 Å².